The zero-order valence-electron chi connectivity index (χ0n) is 10.4. The van der Waals surface area contributed by atoms with Gasteiger partial charge in [-0.2, -0.15) is 11.3 Å². The second-order valence-corrected chi connectivity index (χ2v) is 5.16. The Morgan fingerprint density at radius 2 is 1.81 bits per heavy atom. The zero-order chi connectivity index (χ0) is 12.0. The van der Waals surface area contributed by atoms with Gasteiger partial charge in [-0.25, -0.2) is 0 Å². The third-order valence-electron chi connectivity index (χ3n) is 2.32. The minimum atomic E-state index is 0.519. The van der Waals surface area contributed by atoms with Crippen molar-refractivity contribution in [3.63, 3.8) is 0 Å². The van der Waals surface area contributed by atoms with Crippen molar-refractivity contribution in [1.29, 1.82) is 0 Å². The van der Waals surface area contributed by atoms with E-state index < -0.39 is 0 Å². The normalized spacial score (nSPS) is 10.4. The Morgan fingerprint density at radius 1 is 1.06 bits per heavy atom. The highest BCUT2D eigenvalue weighted by atomic mass is 32.1. The number of thiophene rings is 1. The minimum absolute atomic E-state index is 0.519. The van der Waals surface area contributed by atoms with Gasteiger partial charge in [0.15, 0.2) is 0 Å². The maximum absolute atomic E-state index is 5.09. The molecule has 0 aromatic carbocycles. The predicted molar refractivity (Wildman–Crippen MR) is 71.2 cm³/mol. The molecule has 0 aliphatic carbocycles. The van der Waals surface area contributed by atoms with E-state index in [0.717, 1.165) is 5.76 Å². The van der Waals surface area contributed by atoms with Gasteiger partial charge in [-0.15, -0.1) is 0 Å². The maximum Gasteiger partial charge on any atom is 0.106 e. The van der Waals surface area contributed by atoms with Gasteiger partial charge >= 0.3 is 0 Å². The highest BCUT2D eigenvalue weighted by Crippen LogP contribution is 2.16. The van der Waals surface area contributed by atoms with E-state index in [9.17, 15) is 0 Å². The van der Waals surface area contributed by atoms with Gasteiger partial charge in [0.05, 0.1) is 6.26 Å². The molecule has 0 N–H and O–H groups in total. The summed E-state index contributed by atoms with van der Waals surface area (Å²) in [5, 5.41) is 4.32. The van der Waals surface area contributed by atoms with Gasteiger partial charge < -0.3 is 4.42 Å². The lowest BCUT2D eigenvalue weighted by Gasteiger charge is -1.96. The Balaban J connectivity index is 0.000000160. The van der Waals surface area contributed by atoms with Crippen LogP contribution in [0, 0.1) is 0 Å². The van der Waals surface area contributed by atoms with Crippen LogP contribution in [-0.4, -0.2) is 0 Å². The van der Waals surface area contributed by atoms with Crippen molar-refractivity contribution in [1.82, 2.24) is 0 Å². The number of hydrogen-bond donors (Lipinski definition) is 0. The first-order valence-electron chi connectivity index (χ1n) is 5.66. The van der Waals surface area contributed by atoms with Gasteiger partial charge in [-0.1, -0.05) is 27.7 Å². The van der Waals surface area contributed by atoms with Crippen molar-refractivity contribution in [3.8, 4) is 0 Å². The molecule has 2 aromatic rings. The van der Waals surface area contributed by atoms with Gasteiger partial charge in [0, 0.05) is 5.92 Å². The molecular weight excluding hydrogens is 216 g/mol. The molecule has 0 saturated heterocycles. The van der Waals surface area contributed by atoms with Crippen molar-refractivity contribution in [2.45, 2.75) is 39.5 Å². The van der Waals surface area contributed by atoms with Gasteiger partial charge in [-0.3, -0.25) is 0 Å². The Bertz CT molecular complexity index is 319. The van der Waals surface area contributed by atoms with E-state index in [2.05, 4.69) is 44.5 Å². The summed E-state index contributed by atoms with van der Waals surface area (Å²) in [4.78, 5) is 0. The fourth-order valence-electron chi connectivity index (χ4n) is 1.22. The molecule has 2 rings (SSSR count). The van der Waals surface area contributed by atoms with E-state index in [1.807, 2.05) is 12.1 Å². The molecule has 0 amide bonds. The van der Waals surface area contributed by atoms with Crippen LogP contribution in [0.25, 0.3) is 0 Å². The molecule has 2 heterocycles. The first-order valence-corrected chi connectivity index (χ1v) is 6.61. The molecule has 2 aromatic heterocycles. The lowest BCUT2D eigenvalue weighted by molar-refractivity contribution is 0.487. The molecule has 0 bridgehead atoms. The van der Waals surface area contributed by atoms with Gasteiger partial charge in [-0.05, 0) is 40.4 Å². The van der Waals surface area contributed by atoms with E-state index in [1.54, 1.807) is 17.6 Å². The molecule has 16 heavy (non-hydrogen) atoms. The molecule has 0 aliphatic rings. The molecule has 2 heteroatoms. The molecule has 88 valence electrons. The summed E-state index contributed by atoms with van der Waals surface area (Å²) < 4.78 is 5.09. The summed E-state index contributed by atoms with van der Waals surface area (Å²) in [5.41, 5.74) is 1.45. The quantitative estimate of drug-likeness (QED) is 0.692. The molecule has 0 spiro atoms. The van der Waals surface area contributed by atoms with Crippen LogP contribution in [0.1, 0.15) is 50.9 Å². The lowest BCUT2D eigenvalue weighted by atomic mass is 10.1. The molecular formula is C14H20OS. The molecule has 1 nitrogen and oxygen atoms in total. The zero-order valence-corrected chi connectivity index (χ0v) is 11.3. The van der Waals surface area contributed by atoms with Gasteiger partial charge in [0.1, 0.15) is 5.76 Å². The summed E-state index contributed by atoms with van der Waals surface area (Å²) in [6.07, 6.45) is 1.70. The average Bonchev–Trinajstić information content (AvgIpc) is 2.93. The first-order chi connectivity index (χ1) is 7.61. The molecule has 0 saturated carbocycles. The van der Waals surface area contributed by atoms with Crippen molar-refractivity contribution in [3.05, 3.63) is 46.5 Å². The summed E-state index contributed by atoms with van der Waals surface area (Å²) in [7, 11) is 0. The lowest BCUT2D eigenvalue weighted by Crippen LogP contribution is -1.79. The Morgan fingerprint density at radius 3 is 2.06 bits per heavy atom. The van der Waals surface area contributed by atoms with Crippen LogP contribution < -0.4 is 0 Å². The summed E-state index contributed by atoms with van der Waals surface area (Å²) in [6, 6.07) is 6.08. The van der Waals surface area contributed by atoms with Crippen LogP contribution in [0.3, 0.4) is 0 Å². The highest BCUT2D eigenvalue weighted by Gasteiger charge is 1.98. The Labute approximate surface area is 102 Å². The second-order valence-electron chi connectivity index (χ2n) is 4.38. The van der Waals surface area contributed by atoms with E-state index in [1.165, 1.54) is 5.56 Å². The van der Waals surface area contributed by atoms with Crippen LogP contribution >= 0.6 is 11.3 Å². The third kappa shape index (κ3) is 4.23. The van der Waals surface area contributed by atoms with E-state index >= 15 is 0 Å². The third-order valence-corrected chi connectivity index (χ3v) is 3.02. The second kappa shape index (κ2) is 6.54. The van der Waals surface area contributed by atoms with Crippen LogP contribution in [0.5, 0.6) is 0 Å². The maximum atomic E-state index is 5.09. The van der Waals surface area contributed by atoms with Crippen LogP contribution in [-0.2, 0) is 0 Å². The fraction of sp³-hybridized carbons (Fsp3) is 0.429. The monoisotopic (exact) mass is 236 g/mol. The summed E-state index contributed by atoms with van der Waals surface area (Å²) in [6.45, 7) is 8.64. The van der Waals surface area contributed by atoms with E-state index in [4.69, 9.17) is 4.42 Å². The molecule has 0 unspecified atom stereocenters. The number of furan rings is 1. The van der Waals surface area contributed by atoms with Crippen molar-refractivity contribution in [2.75, 3.05) is 0 Å². The average molecular weight is 236 g/mol. The summed E-state index contributed by atoms with van der Waals surface area (Å²) >= 11 is 1.77. The van der Waals surface area contributed by atoms with Crippen LogP contribution in [0.2, 0.25) is 0 Å². The molecule has 0 atom stereocenters. The fourth-order valence-corrected chi connectivity index (χ4v) is 2.05. The molecule has 0 radical (unpaired) electrons. The van der Waals surface area contributed by atoms with Gasteiger partial charge in [0.25, 0.3) is 0 Å². The topological polar surface area (TPSA) is 13.1 Å². The Kier molecular flexibility index (Phi) is 5.33. The standard InChI is InChI=1S/C7H10O.C7H10S/c1-6(2)7-4-3-5-8-7;1-6(2)7-3-4-8-5-7/h2*3-6H,1-2H3. The highest BCUT2D eigenvalue weighted by molar-refractivity contribution is 7.07. The SMILES string of the molecule is CC(C)c1ccco1.CC(C)c1ccsc1. The van der Waals surface area contributed by atoms with Crippen LogP contribution in [0.15, 0.2) is 39.6 Å². The molecule has 0 aliphatic heterocycles. The Hall–Kier alpha value is -1.02. The van der Waals surface area contributed by atoms with E-state index in [0.29, 0.717) is 11.8 Å². The van der Waals surface area contributed by atoms with Crippen molar-refractivity contribution < 1.29 is 4.42 Å². The van der Waals surface area contributed by atoms with Crippen molar-refractivity contribution in [2.24, 2.45) is 0 Å². The van der Waals surface area contributed by atoms with Crippen molar-refractivity contribution >= 4 is 11.3 Å². The molecule has 0 fully saturated rings. The smallest absolute Gasteiger partial charge is 0.106 e. The first kappa shape index (κ1) is 13.0. The number of hydrogen-bond acceptors (Lipinski definition) is 2. The van der Waals surface area contributed by atoms with Gasteiger partial charge in [0.2, 0.25) is 0 Å². The number of rotatable bonds is 2. The minimum Gasteiger partial charge on any atom is -0.469 e. The predicted octanol–water partition coefficient (Wildman–Crippen LogP) is 5.27. The largest absolute Gasteiger partial charge is 0.469 e. The van der Waals surface area contributed by atoms with Crippen LogP contribution in [0.4, 0.5) is 0 Å². The summed E-state index contributed by atoms with van der Waals surface area (Å²) in [5.74, 6) is 2.27. The van der Waals surface area contributed by atoms with E-state index in [-0.39, 0.29) is 0 Å².